The predicted molar refractivity (Wildman–Crippen MR) is 89.0 cm³/mol. The first-order chi connectivity index (χ1) is 9.20. The number of rotatable bonds is 5. The number of hydrogen-bond donors (Lipinski definition) is 0. The molecule has 0 spiro atoms. The minimum Gasteiger partial charge on any atom is -0.144 e. The van der Waals surface area contributed by atoms with Crippen LogP contribution in [0.2, 0.25) is 0 Å². The topological polar surface area (TPSA) is 0 Å². The predicted octanol–water partition coefficient (Wildman–Crippen LogP) is 4.60. The maximum absolute atomic E-state index is 5.98. The molecule has 0 amide bonds. The van der Waals surface area contributed by atoms with Crippen LogP contribution in [0.5, 0.6) is 0 Å². The van der Waals surface area contributed by atoms with Crippen LogP contribution in [0.3, 0.4) is 0 Å². The van der Waals surface area contributed by atoms with Gasteiger partial charge in [0.05, 0.1) is 0 Å². The molecule has 0 saturated heterocycles. The summed E-state index contributed by atoms with van der Waals surface area (Å²) in [6, 6.07) is 17.1. The van der Waals surface area contributed by atoms with E-state index >= 15 is 0 Å². The van der Waals surface area contributed by atoms with E-state index in [2.05, 4.69) is 43.3 Å². The van der Waals surface area contributed by atoms with Gasteiger partial charge in [-0.2, -0.15) is 0 Å². The summed E-state index contributed by atoms with van der Waals surface area (Å²) >= 11 is 12.0. The fourth-order valence-electron chi connectivity index (χ4n) is 2.07. The van der Waals surface area contributed by atoms with Crippen LogP contribution in [0.4, 0.5) is 0 Å². The Morgan fingerprint density at radius 1 is 0.842 bits per heavy atom. The van der Waals surface area contributed by atoms with E-state index in [0.29, 0.717) is 0 Å². The van der Waals surface area contributed by atoms with Crippen LogP contribution in [-0.2, 0) is 6.42 Å². The van der Waals surface area contributed by atoms with Gasteiger partial charge in [0.25, 0.3) is 7.42 Å². The average molecular weight is 309 g/mol. The van der Waals surface area contributed by atoms with Crippen LogP contribution >= 0.6 is 22.2 Å². The summed E-state index contributed by atoms with van der Waals surface area (Å²) in [4.78, 5) is 0. The maximum Gasteiger partial charge on any atom is 0.266 e. The molecule has 3 heteroatoms. The van der Waals surface area contributed by atoms with Gasteiger partial charge in [-0.3, -0.25) is 0 Å². The highest BCUT2D eigenvalue weighted by Gasteiger charge is 2.06. The Kier molecular flexibility index (Phi) is 5.50. The Balaban J connectivity index is 2.13. The third-order valence-corrected chi connectivity index (χ3v) is 5.67. The minimum absolute atomic E-state index is 1.08. The van der Waals surface area contributed by atoms with Gasteiger partial charge in [0.1, 0.15) is 0 Å². The molecule has 0 saturated carbocycles. The smallest absolute Gasteiger partial charge is 0.144 e. The van der Waals surface area contributed by atoms with Crippen LogP contribution in [0.25, 0.3) is 11.1 Å². The van der Waals surface area contributed by atoms with Crippen LogP contribution < -0.4 is 5.19 Å². The summed E-state index contributed by atoms with van der Waals surface area (Å²) < 4.78 is 0. The fraction of sp³-hybridized carbons (Fsp3) is 0.250. The van der Waals surface area contributed by atoms with Gasteiger partial charge in [0.15, 0.2) is 0 Å². The normalized spacial score (nSPS) is 10.9. The summed E-state index contributed by atoms with van der Waals surface area (Å²) in [5.41, 5.74) is 3.87. The third-order valence-electron chi connectivity index (χ3n) is 3.27. The Labute approximate surface area is 126 Å². The molecule has 0 radical (unpaired) electrons. The van der Waals surface area contributed by atoms with Gasteiger partial charge < -0.3 is 0 Å². The van der Waals surface area contributed by atoms with Crippen LogP contribution in [0.1, 0.15) is 25.3 Å². The van der Waals surface area contributed by atoms with Crippen molar-refractivity contribution in [3.8, 4) is 11.1 Å². The second-order valence-corrected chi connectivity index (χ2v) is 9.28. The molecule has 0 N–H and O–H groups in total. The lowest BCUT2D eigenvalue weighted by atomic mass is 10.0. The fourth-order valence-corrected chi connectivity index (χ4v) is 3.42. The summed E-state index contributed by atoms with van der Waals surface area (Å²) in [6.45, 7) is 2.22. The molecule has 0 aromatic heterocycles. The van der Waals surface area contributed by atoms with Gasteiger partial charge >= 0.3 is 0 Å². The van der Waals surface area contributed by atoms with Crippen molar-refractivity contribution in [1.82, 2.24) is 0 Å². The molecule has 19 heavy (non-hydrogen) atoms. The van der Waals surface area contributed by atoms with Crippen molar-refractivity contribution >= 4 is 34.8 Å². The molecule has 0 fully saturated rings. The number of halogens is 2. The standard InChI is InChI=1S/C16H18Cl2Si/c1-2-3-4-13-5-7-14(8-6-13)15-9-11-16(12-10-15)19(17)18/h5-12,19H,2-4H2,1H3. The first-order valence-corrected chi connectivity index (χ1v) is 10.7. The molecule has 0 aliphatic rings. The molecule has 0 bridgehead atoms. The first-order valence-electron chi connectivity index (χ1n) is 6.68. The zero-order valence-electron chi connectivity index (χ0n) is 11.1. The van der Waals surface area contributed by atoms with E-state index in [-0.39, 0.29) is 0 Å². The van der Waals surface area contributed by atoms with Crippen molar-refractivity contribution in [3.05, 3.63) is 54.1 Å². The molecule has 0 aliphatic heterocycles. The summed E-state index contributed by atoms with van der Waals surface area (Å²) in [6.07, 6.45) is 3.66. The SMILES string of the molecule is CCCCc1ccc(-c2ccc([SiH](Cl)Cl)cc2)cc1. The van der Waals surface area contributed by atoms with Gasteiger partial charge in [-0.15, -0.1) is 22.2 Å². The third kappa shape index (κ3) is 4.10. The number of benzene rings is 2. The van der Waals surface area contributed by atoms with Crippen LogP contribution in [0.15, 0.2) is 48.5 Å². The van der Waals surface area contributed by atoms with E-state index < -0.39 is 7.42 Å². The monoisotopic (exact) mass is 308 g/mol. The summed E-state index contributed by atoms with van der Waals surface area (Å²) in [7, 11) is -1.72. The zero-order chi connectivity index (χ0) is 13.7. The van der Waals surface area contributed by atoms with Gasteiger partial charge in [0.2, 0.25) is 0 Å². The number of hydrogen-bond acceptors (Lipinski definition) is 0. The zero-order valence-corrected chi connectivity index (χ0v) is 13.7. The lowest BCUT2D eigenvalue weighted by molar-refractivity contribution is 0.795. The Bertz CT molecular complexity index is 503. The van der Waals surface area contributed by atoms with Crippen LogP contribution in [0, 0.1) is 0 Å². The van der Waals surface area contributed by atoms with E-state index in [1.54, 1.807) is 0 Å². The quantitative estimate of drug-likeness (QED) is 0.559. The molecule has 2 aromatic carbocycles. The van der Waals surface area contributed by atoms with E-state index in [1.165, 1.54) is 36.0 Å². The highest BCUT2D eigenvalue weighted by atomic mass is 35.7. The van der Waals surface area contributed by atoms with Crippen molar-refractivity contribution in [2.75, 3.05) is 0 Å². The highest BCUT2D eigenvalue weighted by molar-refractivity contribution is 7.39. The van der Waals surface area contributed by atoms with Crippen molar-refractivity contribution in [2.24, 2.45) is 0 Å². The molecule has 0 atom stereocenters. The van der Waals surface area contributed by atoms with Gasteiger partial charge in [0, 0.05) is 0 Å². The van der Waals surface area contributed by atoms with Crippen molar-refractivity contribution in [1.29, 1.82) is 0 Å². The molecule has 100 valence electrons. The average Bonchev–Trinajstić information content (AvgIpc) is 2.46. The summed E-state index contributed by atoms with van der Waals surface area (Å²) in [5, 5.41) is 1.08. The maximum atomic E-state index is 5.98. The minimum atomic E-state index is -1.72. The second kappa shape index (κ2) is 7.13. The molecule has 0 aliphatic carbocycles. The van der Waals surface area contributed by atoms with E-state index in [9.17, 15) is 0 Å². The van der Waals surface area contributed by atoms with Crippen molar-refractivity contribution in [2.45, 2.75) is 26.2 Å². The molecule has 2 aromatic rings. The molecular formula is C16H18Cl2Si. The Morgan fingerprint density at radius 2 is 1.37 bits per heavy atom. The van der Waals surface area contributed by atoms with E-state index in [4.69, 9.17) is 22.2 Å². The molecule has 0 nitrogen and oxygen atoms in total. The number of aryl methyl sites for hydroxylation is 1. The van der Waals surface area contributed by atoms with Crippen molar-refractivity contribution in [3.63, 3.8) is 0 Å². The largest absolute Gasteiger partial charge is 0.266 e. The molecular weight excluding hydrogens is 291 g/mol. The Morgan fingerprint density at radius 3 is 1.84 bits per heavy atom. The molecule has 0 unspecified atom stereocenters. The van der Waals surface area contributed by atoms with Crippen molar-refractivity contribution < 1.29 is 0 Å². The van der Waals surface area contributed by atoms with E-state index in [0.717, 1.165) is 5.19 Å². The van der Waals surface area contributed by atoms with Gasteiger partial charge in [-0.1, -0.05) is 61.9 Å². The first kappa shape index (κ1) is 14.6. The second-order valence-electron chi connectivity index (χ2n) is 4.72. The molecule has 0 heterocycles. The van der Waals surface area contributed by atoms with Gasteiger partial charge in [-0.05, 0) is 34.7 Å². The lowest BCUT2D eigenvalue weighted by Gasteiger charge is -2.06. The molecule has 2 rings (SSSR count). The lowest BCUT2D eigenvalue weighted by Crippen LogP contribution is -2.16. The summed E-state index contributed by atoms with van der Waals surface area (Å²) in [5.74, 6) is 0. The van der Waals surface area contributed by atoms with E-state index in [1.807, 2.05) is 12.1 Å². The number of unbranched alkanes of at least 4 members (excludes halogenated alkanes) is 1. The van der Waals surface area contributed by atoms with Gasteiger partial charge in [-0.25, -0.2) is 0 Å². The van der Waals surface area contributed by atoms with Crippen LogP contribution in [-0.4, -0.2) is 7.42 Å². The Hall–Kier alpha value is -0.763. The highest BCUT2D eigenvalue weighted by Crippen LogP contribution is 2.20.